The van der Waals surface area contributed by atoms with Gasteiger partial charge in [0.2, 0.25) is 0 Å². The van der Waals surface area contributed by atoms with Crippen molar-refractivity contribution in [3.63, 3.8) is 0 Å². The minimum Gasteiger partial charge on any atom is -0.364 e. The summed E-state index contributed by atoms with van der Waals surface area (Å²) < 4.78 is 19.8. The molecule has 0 aliphatic rings. The van der Waals surface area contributed by atoms with Crippen molar-refractivity contribution >= 4 is 5.78 Å². The van der Waals surface area contributed by atoms with Gasteiger partial charge in [0.25, 0.3) is 0 Å². The van der Waals surface area contributed by atoms with E-state index in [9.17, 15) is 9.18 Å². The zero-order valence-corrected chi connectivity index (χ0v) is 11.2. The van der Waals surface area contributed by atoms with Crippen molar-refractivity contribution in [2.45, 2.75) is 13.5 Å². The minimum absolute atomic E-state index is 0.0689. The van der Waals surface area contributed by atoms with Crippen molar-refractivity contribution in [1.29, 1.82) is 0 Å². The maximum atomic E-state index is 13.7. The van der Waals surface area contributed by atoms with Crippen molar-refractivity contribution in [2.75, 3.05) is 0 Å². The fourth-order valence-corrected chi connectivity index (χ4v) is 1.97. The lowest BCUT2D eigenvalue weighted by Gasteiger charge is -2.05. The molecule has 0 spiro atoms. The fraction of sp³-hybridized carbons (Fsp3) is 0.143. The number of ketones is 1. The Hall–Kier alpha value is -2.83. The Balaban J connectivity index is 2.01. The molecule has 3 aromatic heterocycles. The van der Waals surface area contributed by atoms with Crippen LogP contribution in [-0.2, 0) is 6.54 Å². The molecule has 6 nitrogen and oxygen atoms in total. The van der Waals surface area contributed by atoms with E-state index in [1.54, 1.807) is 12.1 Å². The molecular formula is C14H11FN4O2. The molecule has 0 bridgehead atoms. The third kappa shape index (κ3) is 2.58. The van der Waals surface area contributed by atoms with E-state index in [4.69, 9.17) is 4.52 Å². The monoisotopic (exact) mass is 286 g/mol. The first-order chi connectivity index (χ1) is 10.1. The molecule has 0 aliphatic carbocycles. The third-order valence-corrected chi connectivity index (χ3v) is 2.98. The molecule has 0 radical (unpaired) electrons. The molecule has 21 heavy (non-hydrogen) atoms. The minimum atomic E-state index is -0.439. The van der Waals surface area contributed by atoms with Gasteiger partial charge in [0.1, 0.15) is 29.2 Å². The van der Waals surface area contributed by atoms with Crippen LogP contribution >= 0.6 is 0 Å². The Labute approximate surface area is 119 Å². The SMILES string of the molecule is CC(=O)c1cc(-c2ccon2)nn1Cc1ncccc1F. The molecule has 0 N–H and O–H groups in total. The summed E-state index contributed by atoms with van der Waals surface area (Å²) in [5.74, 6) is -0.612. The second kappa shape index (κ2) is 5.28. The Bertz CT molecular complexity index is 780. The number of rotatable bonds is 4. The van der Waals surface area contributed by atoms with E-state index in [1.807, 2.05) is 0 Å². The zero-order valence-electron chi connectivity index (χ0n) is 11.2. The standard InChI is InChI=1S/C14H11FN4O2/c1-9(20)14-7-12(11-4-6-21-18-11)17-19(14)8-13-10(15)3-2-5-16-13/h2-7H,8H2,1H3. The smallest absolute Gasteiger partial charge is 0.177 e. The first-order valence-corrected chi connectivity index (χ1v) is 6.24. The van der Waals surface area contributed by atoms with Crippen LogP contribution in [0.3, 0.4) is 0 Å². The molecule has 3 aromatic rings. The molecule has 0 unspecified atom stereocenters. The molecule has 0 aromatic carbocycles. The van der Waals surface area contributed by atoms with Gasteiger partial charge in [-0.25, -0.2) is 4.39 Å². The van der Waals surface area contributed by atoms with Crippen molar-refractivity contribution in [1.82, 2.24) is 19.9 Å². The van der Waals surface area contributed by atoms with Gasteiger partial charge in [-0.15, -0.1) is 0 Å². The zero-order chi connectivity index (χ0) is 14.8. The fourth-order valence-electron chi connectivity index (χ4n) is 1.97. The number of carbonyl (C=O) groups excluding carboxylic acids is 1. The molecule has 0 amide bonds. The molecule has 106 valence electrons. The van der Waals surface area contributed by atoms with E-state index >= 15 is 0 Å². The van der Waals surface area contributed by atoms with Crippen LogP contribution in [0.2, 0.25) is 0 Å². The van der Waals surface area contributed by atoms with Gasteiger partial charge in [0.15, 0.2) is 5.78 Å². The third-order valence-electron chi connectivity index (χ3n) is 2.98. The first kappa shape index (κ1) is 13.2. The van der Waals surface area contributed by atoms with Crippen molar-refractivity contribution < 1.29 is 13.7 Å². The van der Waals surface area contributed by atoms with Crippen LogP contribution in [0.1, 0.15) is 23.1 Å². The van der Waals surface area contributed by atoms with Crippen molar-refractivity contribution in [3.05, 3.63) is 53.9 Å². The van der Waals surface area contributed by atoms with Gasteiger partial charge in [-0.3, -0.25) is 14.5 Å². The Morgan fingerprint density at radius 1 is 1.38 bits per heavy atom. The van der Waals surface area contributed by atoms with Gasteiger partial charge in [-0.1, -0.05) is 5.16 Å². The maximum absolute atomic E-state index is 13.7. The lowest BCUT2D eigenvalue weighted by molar-refractivity contribution is 0.100. The summed E-state index contributed by atoms with van der Waals surface area (Å²) in [6.07, 6.45) is 2.91. The van der Waals surface area contributed by atoms with Crippen LogP contribution < -0.4 is 0 Å². The molecule has 0 atom stereocenters. The highest BCUT2D eigenvalue weighted by molar-refractivity contribution is 5.93. The average molecular weight is 286 g/mol. The molecule has 0 saturated heterocycles. The van der Waals surface area contributed by atoms with E-state index in [0.717, 1.165) is 0 Å². The van der Waals surface area contributed by atoms with Crippen molar-refractivity contribution in [2.24, 2.45) is 0 Å². The summed E-state index contributed by atoms with van der Waals surface area (Å²) in [6.45, 7) is 1.49. The number of hydrogen-bond donors (Lipinski definition) is 0. The molecule has 0 saturated carbocycles. The number of nitrogens with zero attached hydrogens (tertiary/aromatic N) is 4. The van der Waals surface area contributed by atoms with Crippen molar-refractivity contribution in [3.8, 4) is 11.4 Å². The van der Waals surface area contributed by atoms with Crippen LogP contribution in [0.4, 0.5) is 4.39 Å². The van der Waals surface area contributed by atoms with Gasteiger partial charge >= 0.3 is 0 Å². The van der Waals surface area contributed by atoms with Crippen LogP contribution in [0.25, 0.3) is 11.4 Å². The summed E-state index contributed by atoms with van der Waals surface area (Å²) >= 11 is 0. The first-order valence-electron chi connectivity index (χ1n) is 6.24. The Kier molecular flexibility index (Phi) is 3.31. The lowest BCUT2D eigenvalue weighted by Crippen LogP contribution is -2.11. The van der Waals surface area contributed by atoms with E-state index in [2.05, 4.69) is 15.2 Å². The highest BCUT2D eigenvalue weighted by atomic mass is 19.1. The topological polar surface area (TPSA) is 73.8 Å². The highest BCUT2D eigenvalue weighted by Crippen LogP contribution is 2.18. The number of carbonyl (C=O) groups is 1. The van der Waals surface area contributed by atoms with Crippen LogP contribution in [0, 0.1) is 5.82 Å². The number of aromatic nitrogens is 4. The summed E-state index contributed by atoms with van der Waals surface area (Å²) in [5.41, 5.74) is 1.58. The molecular weight excluding hydrogens is 275 g/mol. The molecule has 0 fully saturated rings. The van der Waals surface area contributed by atoms with Gasteiger partial charge < -0.3 is 4.52 Å². The predicted octanol–water partition coefficient (Wildman–Crippen LogP) is 2.32. The van der Waals surface area contributed by atoms with Crippen LogP contribution in [0.5, 0.6) is 0 Å². The van der Waals surface area contributed by atoms with E-state index in [-0.39, 0.29) is 18.0 Å². The number of halogens is 1. The Morgan fingerprint density at radius 3 is 2.90 bits per heavy atom. The second-order valence-corrected chi connectivity index (χ2v) is 4.45. The normalized spacial score (nSPS) is 10.8. The summed E-state index contributed by atoms with van der Waals surface area (Å²) in [4.78, 5) is 15.7. The summed E-state index contributed by atoms with van der Waals surface area (Å²) in [5, 5.41) is 8.05. The Morgan fingerprint density at radius 2 is 2.24 bits per heavy atom. The number of hydrogen-bond acceptors (Lipinski definition) is 5. The molecule has 7 heteroatoms. The number of pyridine rings is 1. The molecule has 3 heterocycles. The van der Waals surface area contributed by atoms with Gasteiger partial charge in [0.05, 0.1) is 12.2 Å². The lowest BCUT2D eigenvalue weighted by atomic mass is 10.2. The van der Waals surface area contributed by atoms with E-state index in [0.29, 0.717) is 17.1 Å². The highest BCUT2D eigenvalue weighted by Gasteiger charge is 2.16. The van der Waals surface area contributed by atoms with E-state index < -0.39 is 5.82 Å². The quantitative estimate of drug-likeness (QED) is 0.688. The summed E-state index contributed by atoms with van der Waals surface area (Å²) in [7, 11) is 0. The molecule has 3 rings (SSSR count). The van der Waals surface area contributed by atoms with E-state index in [1.165, 1.54) is 36.2 Å². The predicted molar refractivity (Wildman–Crippen MR) is 71.0 cm³/mol. The van der Waals surface area contributed by atoms with Gasteiger partial charge in [0, 0.05) is 19.2 Å². The van der Waals surface area contributed by atoms with Gasteiger partial charge in [-0.2, -0.15) is 5.10 Å². The maximum Gasteiger partial charge on any atom is 0.177 e. The van der Waals surface area contributed by atoms with Crippen LogP contribution in [-0.4, -0.2) is 25.7 Å². The van der Waals surface area contributed by atoms with Crippen LogP contribution in [0.15, 0.2) is 41.2 Å². The molecule has 0 aliphatic heterocycles. The largest absolute Gasteiger partial charge is 0.364 e. The second-order valence-electron chi connectivity index (χ2n) is 4.45. The average Bonchev–Trinajstić information content (AvgIpc) is 3.10. The van der Waals surface area contributed by atoms with Gasteiger partial charge in [-0.05, 0) is 18.2 Å². The summed E-state index contributed by atoms with van der Waals surface area (Å²) in [6, 6.07) is 6.06. The number of Topliss-reactive ketones (excluding diaryl/α,β-unsaturated/α-hetero) is 1.